The third-order valence-electron chi connectivity index (χ3n) is 2.55. The summed E-state index contributed by atoms with van der Waals surface area (Å²) in [6, 6.07) is 12.2. The molecule has 0 saturated carbocycles. The molecule has 0 spiro atoms. The van der Waals surface area contributed by atoms with Gasteiger partial charge in [0, 0.05) is 11.8 Å². The number of benzene rings is 1. The molecule has 3 heteroatoms. The molecule has 0 saturated heterocycles. The molecule has 0 atom stereocenters. The predicted molar refractivity (Wildman–Crippen MR) is 63.2 cm³/mol. The minimum atomic E-state index is 0.874. The lowest BCUT2D eigenvalue weighted by atomic mass is 10.1. The Bertz CT molecular complexity index is 607. The summed E-state index contributed by atoms with van der Waals surface area (Å²) in [5.41, 5.74) is 4.20. The lowest BCUT2D eigenvalue weighted by Crippen LogP contribution is -1.85. The zero-order valence-corrected chi connectivity index (χ0v) is 8.96. The van der Waals surface area contributed by atoms with E-state index < -0.39 is 0 Å². The zero-order chi connectivity index (χ0) is 11.0. The van der Waals surface area contributed by atoms with E-state index in [9.17, 15) is 0 Å². The molecule has 1 aromatic carbocycles. The second kappa shape index (κ2) is 3.45. The van der Waals surface area contributed by atoms with Gasteiger partial charge in [-0.1, -0.05) is 23.8 Å². The van der Waals surface area contributed by atoms with Gasteiger partial charge in [0.05, 0.1) is 11.9 Å². The molecule has 0 N–H and O–H groups in total. The molecular weight excluding hydrogens is 198 g/mol. The highest BCUT2D eigenvalue weighted by atomic mass is 15.2. The van der Waals surface area contributed by atoms with Crippen LogP contribution in [-0.4, -0.2) is 14.6 Å². The quantitative estimate of drug-likeness (QED) is 0.616. The third kappa shape index (κ3) is 1.46. The Hall–Kier alpha value is -2.16. The summed E-state index contributed by atoms with van der Waals surface area (Å²) in [5, 5.41) is 4.20. The molecular formula is C13H11N3. The van der Waals surface area contributed by atoms with E-state index in [4.69, 9.17) is 0 Å². The summed E-state index contributed by atoms with van der Waals surface area (Å²) in [5.74, 6) is 0. The van der Waals surface area contributed by atoms with Crippen LogP contribution in [0.15, 0.2) is 48.8 Å². The van der Waals surface area contributed by atoms with E-state index in [2.05, 4.69) is 35.2 Å². The largest absolute Gasteiger partial charge is 0.227 e. The minimum absolute atomic E-state index is 0.874. The molecule has 3 aromatic rings. The van der Waals surface area contributed by atoms with E-state index in [0.717, 1.165) is 16.9 Å². The Balaban J connectivity index is 2.19. The van der Waals surface area contributed by atoms with Crippen molar-refractivity contribution in [3.05, 3.63) is 54.4 Å². The molecule has 0 fully saturated rings. The van der Waals surface area contributed by atoms with Gasteiger partial charge in [-0.05, 0) is 25.1 Å². The van der Waals surface area contributed by atoms with E-state index >= 15 is 0 Å². The summed E-state index contributed by atoms with van der Waals surface area (Å²) >= 11 is 0. The molecule has 0 amide bonds. The molecule has 0 unspecified atom stereocenters. The Labute approximate surface area is 93.4 Å². The van der Waals surface area contributed by atoms with Crippen molar-refractivity contribution >= 4 is 5.65 Å². The van der Waals surface area contributed by atoms with Crippen molar-refractivity contribution in [3.8, 4) is 11.3 Å². The Morgan fingerprint density at radius 3 is 2.88 bits per heavy atom. The molecule has 16 heavy (non-hydrogen) atoms. The first kappa shape index (κ1) is 9.09. The molecule has 0 radical (unpaired) electrons. The van der Waals surface area contributed by atoms with Crippen LogP contribution in [0.1, 0.15) is 5.56 Å². The van der Waals surface area contributed by atoms with Gasteiger partial charge in [-0.25, -0.2) is 9.50 Å². The van der Waals surface area contributed by atoms with Gasteiger partial charge in [0.25, 0.3) is 0 Å². The Morgan fingerprint density at radius 1 is 1.12 bits per heavy atom. The molecule has 0 bridgehead atoms. The maximum atomic E-state index is 4.52. The first-order valence-corrected chi connectivity index (χ1v) is 5.20. The van der Waals surface area contributed by atoms with Crippen LogP contribution in [0.2, 0.25) is 0 Å². The summed E-state index contributed by atoms with van der Waals surface area (Å²) in [7, 11) is 0. The second-order valence-electron chi connectivity index (χ2n) is 3.82. The summed E-state index contributed by atoms with van der Waals surface area (Å²) in [6.07, 6.45) is 3.71. The van der Waals surface area contributed by atoms with Crippen LogP contribution >= 0.6 is 0 Å². The number of aryl methyl sites for hydroxylation is 1. The van der Waals surface area contributed by atoms with E-state index in [1.807, 2.05) is 24.4 Å². The van der Waals surface area contributed by atoms with Crippen molar-refractivity contribution in [2.75, 3.05) is 0 Å². The third-order valence-corrected chi connectivity index (χ3v) is 2.55. The average Bonchev–Trinajstić information content (AvgIpc) is 2.72. The van der Waals surface area contributed by atoms with Gasteiger partial charge in [0.15, 0.2) is 5.65 Å². The van der Waals surface area contributed by atoms with E-state index in [0.29, 0.717) is 0 Å². The van der Waals surface area contributed by atoms with Gasteiger partial charge in [-0.3, -0.25) is 0 Å². The van der Waals surface area contributed by atoms with Gasteiger partial charge in [-0.15, -0.1) is 0 Å². The van der Waals surface area contributed by atoms with E-state index in [1.54, 1.807) is 10.7 Å². The second-order valence-corrected chi connectivity index (χ2v) is 3.82. The number of aromatic nitrogens is 3. The van der Waals surface area contributed by atoms with Crippen LogP contribution < -0.4 is 0 Å². The fourth-order valence-corrected chi connectivity index (χ4v) is 1.77. The van der Waals surface area contributed by atoms with Gasteiger partial charge in [-0.2, -0.15) is 5.10 Å². The summed E-state index contributed by atoms with van der Waals surface area (Å²) in [4.78, 5) is 4.52. The SMILES string of the molecule is Cc1cccc(-c2cn3ncccc3n2)c1. The Kier molecular flexibility index (Phi) is 1.96. The van der Waals surface area contributed by atoms with Crippen molar-refractivity contribution in [2.24, 2.45) is 0 Å². The number of hydrogen-bond acceptors (Lipinski definition) is 2. The predicted octanol–water partition coefficient (Wildman–Crippen LogP) is 2.70. The standard InChI is InChI=1S/C13H11N3/c1-10-4-2-5-11(8-10)12-9-16-13(15-12)6-3-7-14-16/h2-9H,1H3. The molecule has 3 nitrogen and oxygen atoms in total. The summed E-state index contributed by atoms with van der Waals surface area (Å²) < 4.78 is 1.79. The van der Waals surface area contributed by atoms with Crippen LogP contribution in [0.3, 0.4) is 0 Å². The van der Waals surface area contributed by atoms with Crippen LogP contribution in [0.5, 0.6) is 0 Å². The van der Waals surface area contributed by atoms with Gasteiger partial charge in [0.2, 0.25) is 0 Å². The molecule has 0 aliphatic rings. The van der Waals surface area contributed by atoms with Crippen molar-refractivity contribution < 1.29 is 0 Å². The monoisotopic (exact) mass is 209 g/mol. The fourth-order valence-electron chi connectivity index (χ4n) is 1.77. The topological polar surface area (TPSA) is 30.2 Å². The number of imidazole rings is 1. The summed E-state index contributed by atoms with van der Waals surface area (Å²) in [6.45, 7) is 2.08. The first-order chi connectivity index (χ1) is 7.83. The van der Waals surface area contributed by atoms with Crippen molar-refractivity contribution in [1.82, 2.24) is 14.6 Å². The van der Waals surface area contributed by atoms with Gasteiger partial charge >= 0.3 is 0 Å². The number of nitrogens with zero attached hydrogens (tertiary/aromatic N) is 3. The van der Waals surface area contributed by atoms with Crippen LogP contribution in [0.4, 0.5) is 0 Å². The van der Waals surface area contributed by atoms with Crippen molar-refractivity contribution in [1.29, 1.82) is 0 Å². The Morgan fingerprint density at radius 2 is 2.06 bits per heavy atom. The molecule has 78 valence electrons. The lowest BCUT2D eigenvalue weighted by Gasteiger charge is -1.96. The van der Waals surface area contributed by atoms with Crippen LogP contribution in [-0.2, 0) is 0 Å². The van der Waals surface area contributed by atoms with Crippen molar-refractivity contribution in [3.63, 3.8) is 0 Å². The molecule has 2 heterocycles. The van der Waals surface area contributed by atoms with Gasteiger partial charge < -0.3 is 0 Å². The first-order valence-electron chi connectivity index (χ1n) is 5.20. The van der Waals surface area contributed by atoms with Crippen molar-refractivity contribution in [2.45, 2.75) is 6.92 Å². The lowest BCUT2D eigenvalue weighted by molar-refractivity contribution is 0.936. The zero-order valence-electron chi connectivity index (χ0n) is 8.96. The van der Waals surface area contributed by atoms with Gasteiger partial charge in [0.1, 0.15) is 0 Å². The van der Waals surface area contributed by atoms with E-state index in [1.165, 1.54) is 5.56 Å². The highest BCUT2D eigenvalue weighted by molar-refractivity contribution is 5.62. The minimum Gasteiger partial charge on any atom is -0.227 e. The van der Waals surface area contributed by atoms with E-state index in [-0.39, 0.29) is 0 Å². The number of rotatable bonds is 1. The smallest absolute Gasteiger partial charge is 0.154 e. The average molecular weight is 209 g/mol. The highest BCUT2D eigenvalue weighted by Crippen LogP contribution is 2.19. The molecule has 0 aliphatic carbocycles. The molecule has 3 rings (SSSR count). The molecule has 2 aromatic heterocycles. The normalized spacial score (nSPS) is 10.8. The van der Waals surface area contributed by atoms with Crippen LogP contribution in [0.25, 0.3) is 16.9 Å². The number of fused-ring (bicyclic) bond motifs is 1. The fraction of sp³-hybridized carbons (Fsp3) is 0.0769. The maximum Gasteiger partial charge on any atom is 0.154 e. The molecule has 0 aliphatic heterocycles. The highest BCUT2D eigenvalue weighted by Gasteiger charge is 2.03. The van der Waals surface area contributed by atoms with Crippen LogP contribution in [0, 0.1) is 6.92 Å². The maximum absolute atomic E-state index is 4.52. The number of hydrogen-bond donors (Lipinski definition) is 0.